The van der Waals surface area contributed by atoms with E-state index in [1.165, 1.54) is 19.2 Å². The number of aromatic nitrogens is 2. The second kappa shape index (κ2) is 12.5. The van der Waals surface area contributed by atoms with Crippen LogP contribution in [0.25, 0.3) is 10.8 Å². The normalized spacial score (nSPS) is 23.0. The summed E-state index contributed by atoms with van der Waals surface area (Å²) in [6, 6.07) is 12.8. The SMILES string of the molecule is CC(C)OC(=O)C(C)NP(=S)(OCC1(C(F)F)CC(O)C(n2ccc(N)nc2=O)O1)Oc1cccc2ccccc12. The van der Waals surface area contributed by atoms with E-state index in [-0.39, 0.29) is 5.82 Å². The predicted octanol–water partition coefficient (Wildman–Crippen LogP) is 3.51. The van der Waals surface area contributed by atoms with Gasteiger partial charge in [0.15, 0.2) is 11.8 Å². The average Bonchev–Trinajstić information content (AvgIpc) is 3.25. The van der Waals surface area contributed by atoms with Gasteiger partial charge in [-0.1, -0.05) is 36.4 Å². The van der Waals surface area contributed by atoms with Gasteiger partial charge in [-0.25, -0.2) is 18.7 Å². The van der Waals surface area contributed by atoms with Gasteiger partial charge >= 0.3 is 18.3 Å². The fourth-order valence-electron chi connectivity index (χ4n) is 4.29. The molecule has 2 aromatic carbocycles. The Balaban J connectivity index is 1.64. The number of rotatable bonds is 11. The molecule has 0 spiro atoms. The molecule has 222 valence electrons. The van der Waals surface area contributed by atoms with Crippen molar-refractivity contribution in [3.05, 3.63) is 65.2 Å². The number of carbonyl (C=O) groups is 1. The van der Waals surface area contributed by atoms with Crippen molar-refractivity contribution in [1.82, 2.24) is 14.6 Å². The number of nitrogens with two attached hydrogens (primary N) is 1. The minimum absolute atomic E-state index is 0.0790. The number of alkyl halides is 2. The maximum absolute atomic E-state index is 14.6. The van der Waals surface area contributed by atoms with E-state index < -0.39 is 67.8 Å². The molecule has 5 unspecified atom stereocenters. The van der Waals surface area contributed by atoms with Crippen molar-refractivity contribution in [1.29, 1.82) is 0 Å². The molecule has 41 heavy (non-hydrogen) atoms. The molecule has 4 N–H and O–H groups in total. The van der Waals surface area contributed by atoms with Gasteiger partial charge in [-0.2, -0.15) is 4.98 Å². The molecule has 15 heteroatoms. The molecule has 2 heterocycles. The summed E-state index contributed by atoms with van der Waals surface area (Å²) in [5, 5.41) is 15.0. The molecule has 0 bridgehead atoms. The summed E-state index contributed by atoms with van der Waals surface area (Å²) in [5.41, 5.74) is 2.25. The average molecular weight is 613 g/mol. The highest BCUT2D eigenvalue weighted by atomic mass is 32.5. The molecule has 5 atom stereocenters. The van der Waals surface area contributed by atoms with E-state index in [0.29, 0.717) is 11.1 Å². The Kier molecular flexibility index (Phi) is 9.42. The van der Waals surface area contributed by atoms with Crippen molar-refractivity contribution in [3.63, 3.8) is 0 Å². The number of esters is 1. The Morgan fingerprint density at radius 3 is 2.66 bits per heavy atom. The van der Waals surface area contributed by atoms with Crippen LogP contribution in [-0.2, 0) is 30.6 Å². The zero-order valence-electron chi connectivity index (χ0n) is 22.5. The highest BCUT2D eigenvalue weighted by Crippen LogP contribution is 2.50. The molecule has 1 aromatic heterocycles. The molecule has 1 aliphatic rings. The maximum Gasteiger partial charge on any atom is 0.351 e. The standard InChI is InChI=1S/C26H31F2N4O7PS/c1-15(2)37-23(34)16(3)31-40(41,39-20-10-6-8-17-7-4-5-9-18(17)20)36-14-26(24(27)28)13-19(33)22(38-26)32-12-11-21(29)30-25(32)35/h4-12,15-16,19,22,24,33H,13-14H2,1-3H3,(H,31,41)(H2,29,30,35). The number of fused-ring (bicyclic) bond motifs is 1. The van der Waals surface area contributed by atoms with Crippen LogP contribution >= 0.6 is 6.64 Å². The fraction of sp³-hybridized carbons (Fsp3) is 0.423. The van der Waals surface area contributed by atoms with Gasteiger partial charge in [-0.05, 0) is 50.1 Å². The van der Waals surface area contributed by atoms with Crippen molar-refractivity contribution >= 4 is 41.0 Å². The number of nitrogen functional groups attached to an aromatic ring is 1. The van der Waals surface area contributed by atoms with Crippen LogP contribution in [0.15, 0.2) is 59.5 Å². The van der Waals surface area contributed by atoms with Crippen molar-refractivity contribution in [3.8, 4) is 5.75 Å². The Morgan fingerprint density at radius 2 is 1.98 bits per heavy atom. The van der Waals surface area contributed by atoms with Gasteiger partial charge in [0.25, 0.3) is 6.43 Å². The Morgan fingerprint density at radius 1 is 1.27 bits per heavy atom. The molecular weight excluding hydrogens is 581 g/mol. The monoisotopic (exact) mass is 612 g/mol. The lowest BCUT2D eigenvalue weighted by Gasteiger charge is -2.32. The molecule has 1 aliphatic heterocycles. The van der Waals surface area contributed by atoms with Crippen LogP contribution in [0.2, 0.25) is 0 Å². The molecule has 4 rings (SSSR count). The summed E-state index contributed by atoms with van der Waals surface area (Å²) in [7, 11) is 0. The lowest BCUT2D eigenvalue weighted by Crippen LogP contribution is -2.44. The van der Waals surface area contributed by atoms with Gasteiger partial charge < -0.3 is 29.4 Å². The van der Waals surface area contributed by atoms with E-state index >= 15 is 0 Å². The fourth-order valence-corrected chi connectivity index (χ4v) is 6.73. The molecule has 11 nitrogen and oxygen atoms in total. The highest BCUT2D eigenvalue weighted by molar-refractivity contribution is 8.09. The number of benzene rings is 2. The Labute approximate surface area is 239 Å². The van der Waals surface area contributed by atoms with E-state index in [1.54, 1.807) is 38.1 Å². The van der Waals surface area contributed by atoms with E-state index in [9.17, 15) is 23.5 Å². The van der Waals surface area contributed by atoms with Crippen molar-refractivity contribution in [2.75, 3.05) is 12.3 Å². The summed E-state index contributed by atoms with van der Waals surface area (Å²) in [4.78, 5) is 28.5. The van der Waals surface area contributed by atoms with Crippen molar-refractivity contribution in [2.45, 2.75) is 63.7 Å². The first-order valence-electron chi connectivity index (χ1n) is 12.7. The van der Waals surface area contributed by atoms with Gasteiger partial charge in [-0.3, -0.25) is 9.36 Å². The number of nitrogens with one attached hydrogen (secondary N) is 1. The quantitative estimate of drug-likeness (QED) is 0.216. The van der Waals surface area contributed by atoms with E-state index in [0.717, 1.165) is 9.95 Å². The number of hydrogen-bond donors (Lipinski definition) is 3. The zero-order chi connectivity index (χ0) is 29.9. The number of aliphatic hydroxyl groups is 1. The van der Waals surface area contributed by atoms with E-state index in [1.807, 2.05) is 18.2 Å². The second-order valence-corrected chi connectivity index (χ2v) is 13.0. The van der Waals surface area contributed by atoms with Gasteiger partial charge in [0.2, 0.25) is 0 Å². The van der Waals surface area contributed by atoms with Crippen LogP contribution < -0.4 is 21.0 Å². The smallest absolute Gasteiger partial charge is 0.351 e. The summed E-state index contributed by atoms with van der Waals surface area (Å²) in [6.45, 7) is 0.231. The summed E-state index contributed by atoms with van der Waals surface area (Å²) in [6.07, 6.45) is -5.98. The van der Waals surface area contributed by atoms with Gasteiger partial charge in [0.1, 0.15) is 23.7 Å². The summed E-state index contributed by atoms with van der Waals surface area (Å²) < 4.78 is 52.9. The van der Waals surface area contributed by atoms with Crippen LogP contribution in [0.3, 0.4) is 0 Å². The van der Waals surface area contributed by atoms with Crippen LogP contribution in [-0.4, -0.2) is 57.5 Å². The topological polar surface area (TPSA) is 147 Å². The van der Waals surface area contributed by atoms with Crippen LogP contribution in [0, 0.1) is 0 Å². The van der Waals surface area contributed by atoms with Gasteiger partial charge in [-0.15, -0.1) is 0 Å². The third-order valence-corrected chi connectivity index (χ3v) is 8.73. The Hall–Kier alpha value is -3.00. The third-order valence-electron chi connectivity index (χ3n) is 6.27. The molecule has 0 radical (unpaired) electrons. The van der Waals surface area contributed by atoms with Crippen LogP contribution in [0.4, 0.5) is 14.6 Å². The summed E-state index contributed by atoms with van der Waals surface area (Å²) in [5.74, 6) is -0.422. The molecule has 0 amide bonds. The first-order valence-corrected chi connectivity index (χ1v) is 15.4. The number of anilines is 1. The molecular formula is C26H31F2N4O7PS. The number of carbonyl (C=O) groups excluding carboxylic acids is 1. The van der Waals surface area contributed by atoms with Crippen molar-refractivity contribution < 1.29 is 37.2 Å². The van der Waals surface area contributed by atoms with Gasteiger partial charge in [0.05, 0.1) is 12.7 Å². The highest BCUT2D eigenvalue weighted by Gasteiger charge is 2.54. The minimum atomic E-state index is -3.77. The molecule has 0 aliphatic carbocycles. The molecule has 1 fully saturated rings. The Bertz CT molecular complexity index is 1500. The second-order valence-electron chi connectivity index (χ2n) is 9.86. The predicted molar refractivity (Wildman–Crippen MR) is 151 cm³/mol. The first-order chi connectivity index (χ1) is 19.3. The van der Waals surface area contributed by atoms with E-state index in [4.69, 9.17) is 36.1 Å². The lowest BCUT2D eigenvalue weighted by molar-refractivity contribution is -0.169. The number of ether oxygens (including phenoxy) is 2. The lowest BCUT2D eigenvalue weighted by atomic mass is 10.0. The molecule has 0 saturated carbocycles. The van der Waals surface area contributed by atoms with Crippen LogP contribution in [0.1, 0.15) is 33.4 Å². The maximum atomic E-state index is 14.6. The number of halogens is 2. The number of nitrogens with zero attached hydrogens (tertiary/aromatic N) is 2. The zero-order valence-corrected chi connectivity index (χ0v) is 24.2. The largest absolute Gasteiger partial charge is 0.462 e. The number of aliphatic hydroxyl groups excluding tert-OH is 1. The third kappa shape index (κ3) is 7.08. The number of hydrogen-bond acceptors (Lipinski definition) is 10. The van der Waals surface area contributed by atoms with Crippen molar-refractivity contribution in [2.24, 2.45) is 0 Å². The molecule has 3 aromatic rings. The summed E-state index contributed by atoms with van der Waals surface area (Å²) >= 11 is 5.72. The minimum Gasteiger partial charge on any atom is -0.462 e. The van der Waals surface area contributed by atoms with E-state index in [2.05, 4.69) is 10.1 Å². The molecule has 1 saturated heterocycles. The first kappa shape index (κ1) is 30.9. The van der Waals surface area contributed by atoms with Crippen LogP contribution in [0.5, 0.6) is 5.75 Å². The van der Waals surface area contributed by atoms with Gasteiger partial charge in [0, 0.05) is 18.0 Å².